The van der Waals surface area contributed by atoms with E-state index < -0.39 is 0 Å². The van der Waals surface area contributed by atoms with Crippen molar-refractivity contribution in [3.8, 4) is 5.75 Å². The molecule has 3 aromatic rings. The van der Waals surface area contributed by atoms with E-state index in [4.69, 9.17) is 27.9 Å². The van der Waals surface area contributed by atoms with Crippen molar-refractivity contribution >= 4 is 46.3 Å². The number of nitrogens with one attached hydrogen (secondary N) is 1. The first-order valence-corrected chi connectivity index (χ1v) is 9.04. The average molecular weight is 393 g/mol. The lowest BCUT2D eigenvalue weighted by Gasteiger charge is -2.05. The summed E-state index contributed by atoms with van der Waals surface area (Å²) in [7, 11) is 0. The number of thiophene rings is 1. The largest absolute Gasteiger partial charge is 0.489 e. The summed E-state index contributed by atoms with van der Waals surface area (Å²) < 4.78 is 5.72. The average Bonchev–Trinajstić information content (AvgIpc) is 3.06. The zero-order valence-corrected chi connectivity index (χ0v) is 15.6. The minimum atomic E-state index is -0.275. The van der Waals surface area contributed by atoms with Crippen molar-refractivity contribution in [3.05, 3.63) is 74.0 Å². The lowest BCUT2D eigenvalue weighted by Crippen LogP contribution is -2.11. The van der Waals surface area contributed by atoms with Gasteiger partial charge >= 0.3 is 0 Å². The summed E-state index contributed by atoms with van der Waals surface area (Å²) in [4.78, 5) is 16.9. The Morgan fingerprint density at radius 1 is 1.24 bits per heavy atom. The summed E-state index contributed by atoms with van der Waals surface area (Å²) in [5, 5.41) is 5.27. The van der Waals surface area contributed by atoms with E-state index in [2.05, 4.69) is 10.3 Å². The fourth-order valence-electron chi connectivity index (χ4n) is 2.05. The lowest BCUT2D eigenvalue weighted by molar-refractivity contribution is 0.103. The van der Waals surface area contributed by atoms with Gasteiger partial charge in [-0.15, -0.1) is 11.3 Å². The van der Waals surface area contributed by atoms with Crippen LogP contribution in [0.2, 0.25) is 10.0 Å². The number of nitrogens with zero attached hydrogens (tertiary/aromatic N) is 1. The summed E-state index contributed by atoms with van der Waals surface area (Å²) in [6.07, 6.45) is 1.43. The van der Waals surface area contributed by atoms with Gasteiger partial charge in [0.05, 0.1) is 14.9 Å². The molecule has 0 aliphatic heterocycles. The van der Waals surface area contributed by atoms with Gasteiger partial charge in [0.1, 0.15) is 12.4 Å². The molecule has 128 valence electrons. The van der Waals surface area contributed by atoms with Gasteiger partial charge in [0.25, 0.3) is 5.91 Å². The topological polar surface area (TPSA) is 51.2 Å². The van der Waals surface area contributed by atoms with Gasteiger partial charge in [-0.2, -0.15) is 0 Å². The fourth-order valence-corrected chi connectivity index (χ4v) is 3.27. The monoisotopic (exact) mass is 392 g/mol. The van der Waals surface area contributed by atoms with E-state index in [0.29, 0.717) is 21.5 Å². The molecule has 25 heavy (non-hydrogen) atoms. The first kappa shape index (κ1) is 17.7. The Hall–Kier alpha value is -2.08. The number of benzene rings is 1. The van der Waals surface area contributed by atoms with E-state index in [0.717, 1.165) is 11.3 Å². The van der Waals surface area contributed by atoms with Gasteiger partial charge in [0.15, 0.2) is 5.82 Å². The van der Waals surface area contributed by atoms with Crippen LogP contribution < -0.4 is 10.1 Å². The minimum absolute atomic E-state index is 0.275. The van der Waals surface area contributed by atoms with Gasteiger partial charge in [0.2, 0.25) is 0 Å². The highest BCUT2D eigenvalue weighted by Crippen LogP contribution is 2.24. The van der Waals surface area contributed by atoms with Gasteiger partial charge in [0, 0.05) is 11.8 Å². The molecule has 0 spiro atoms. The fraction of sp³-hybridized carbons (Fsp3) is 0.111. The van der Waals surface area contributed by atoms with Crippen molar-refractivity contribution in [1.29, 1.82) is 0 Å². The van der Waals surface area contributed by atoms with E-state index in [1.807, 2.05) is 36.6 Å². The molecule has 1 aromatic carbocycles. The molecular formula is C18H14Cl2N2O2S. The third kappa shape index (κ3) is 4.72. The normalized spacial score (nSPS) is 10.5. The molecule has 0 saturated carbocycles. The van der Waals surface area contributed by atoms with Crippen LogP contribution in [-0.2, 0) is 6.61 Å². The first-order valence-electron chi connectivity index (χ1n) is 7.40. The Balaban J connectivity index is 1.62. The maximum atomic E-state index is 12.3. The number of ether oxygens (including phenoxy) is 1. The molecular weight excluding hydrogens is 379 g/mol. The molecule has 0 saturated heterocycles. The van der Waals surface area contributed by atoms with Crippen LogP contribution in [0.25, 0.3) is 0 Å². The van der Waals surface area contributed by atoms with Crippen LogP contribution in [0.4, 0.5) is 5.82 Å². The molecule has 0 radical (unpaired) electrons. The van der Waals surface area contributed by atoms with Crippen molar-refractivity contribution in [1.82, 2.24) is 4.98 Å². The van der Waals surface area contributed by atoms with Crippen LogP contribution in [0.15, 0.2) is 48.0 Å². The maximum absolute atomic E-state index is 12.3. The molecule has 3 rings (SSSR count). The summed E-state index contributed by atoms with van der Waals surface area (Å²) in [6.45, 7) is 2.42. The van der Waals surface area contributed by atoms with Crippen molar-refractivity contribution in [3.63, 3.8) is 0 Å². The number of halogens is 2. The number of aromatic nitrogens is 1. The number of aryl methyl sites for hydroxylation is 1. The molecule has 4 nitrogen and oxygen atoms in total. The Kier molecular flexibility index (Phi) is 5.58. The van der Waals surface area contributed by atoms with Gasteiger partial charge in [-0.3, -0.25) is 4.79 Å². The summed E-state index contributed by atoms with van der Waals surface area (Å²) in [5.41, 5.74) is 2.10. The Morgan fingerprint density at radius 2 is 2.00 bits per heavy atom. The number of carbonyl (C=O) groups is 1. The van der Waals surface area contributed by atoms with Gasteiger partial charge < -0.3 is 10.1 Å². The number of pyridine rings is 1. The van der Waals surface area contributed by atoms with E-state index in [1.54, 1.807) is 6.07 Å². The van der Waals surface area contributed by atoms with Crippen molar-refractivity contribution in [2.24, 2.45) is 0 Å². The van der Waals surface area contributed by atoms with Crippen molar-refractivity contribution < 1.29 is 9.53 Å². The van der Waals surface area contributed by atoms with Gasteiger partial charge in [-0.05, 0) is 36.6 Å². The van der Waals surface area contributed by atoms with Crippen molar-refractivity contribution in [2.45, 2.75) is 13.5 Å². The molecule has 2 aromatic heterocycles. The molecule has 0 atom stereocenters. The number of anilines is 1. The summed E-state index contributed by atoms with van der Waals surface area (Å²) in [6, 6.07) is 11.1. The Labute approximate surface area is 159 Å². The number of hydrogen-bond donors (Lipinski definition) is 1. The Bertz CT molecular complexity index is 894. The van der Waals surface area contributed by atoms with Crippen LogP contribution >= 0.6 is 34.5 Å². The number of hydrogen-bond acceptors (Lipinski definition) is 4. The van der Waals surface area contributed by atoms with Gasteiger partial charge in [-0.1, -0.05) is 40.9 Å². The number of carbonyl (C=O) groups excluding carboxylic acids is 1. The molecule has 0 unspecified atom stereocenters. The van der Waals surface area contributed by atoms with E-state index in [-0.39, 0.29) is 11.7 Å². The predicted octanol–water partition coefficient (Wildman–Crippen LogP) is 5.59. The quantitative estimate of drug-likeness (QED) is 0.615. The van der Waals surface area contributed by atoms with E-state index in [9.17, 15) is 4.79 Å². The lowest BCUT2D eigenvalue weighted by atomic mass is 10.2. The maximum Gasteiger partial charge on any atom is 0.266 e. The SMILES string of the molecule is Cc1ccc(OCc2csc(C(=O)Nc3ncc(Cl)cc3Cl)c2)cc1. The number of rotatable bonds is 5. The number of amides is 1. The molecule has 0 aliphatic rings. The zero-order chi connectivity index (χ0) is 17.8. The highest BCUT2D eigenvalue weighted by molar-refractivity contribution is 7.12. The predicted molar refractivity (Wildman–Crippen MR) is 102 cm³/mol. The van der Waals surface area contributed by atoms with Crippen LogP contribution in [0, 0.1) is 6.92 Å². The first-order chi connectivity index (χ1) is 12.0. The molecule has 1 N–H and O–H groups in total. The smallest absolute Gasteiger partial charge is 0.266 e. The third-order valence-corrected chi connectivity index (χ3v) is 4.82. The highest BCUT2D eigenvalue weighted by Gasteiger charge is 2.13. The van der Waals surface area contributed by atoms with E-state index >= 15 is 0 Å². The molecule has 7 heteroatoms. The minimum Gasteiger partial charge on any atom is -0.489 e. The van der Waals surface area contributed by atoms with E-state index in [1.165, 1.54) is 29.2 Å². The van der Waals surface area contributed by atoms with Crippen LogP contribution in [0.5, 0.6) is 5.75 Å². The second-order valence-electron chi connectivity index (χ2n) is 5.36. The molecule has 2 heterocycles. The molecule has 0 aliphatic carbocycles. The molecule has 1 amide bonds. The molecule has 0 fully saturated rings. The summed E-state index contributed by atoms with van der Waals surface area (Å²) in [5.74, 6) is 0.796. The zero-order valence-electron chi connectivity index (χ0n) is 13.3. The van der Waals surface area contributed by atoms with Crippen LogP contribution in [0.3, 0.4) is 0 Å². The van der Waals surface area contributed by atoms with Crippen molar-refractivity contribution in [2.75, 3.05) is 5.32 Å². The second kappa shape index (κ2) is 7.87. The Morgan fingerprint density at radius 3 is 2.72 bits per heavy atom. The standard InChI is InChI=1S/C18H14Cl2N2O2S/c1-11-2-4-14(5-3-11)24-9-12-6-16(25-10-12)18(23)22-17-15(20)7-13(19)8-21-17/h2-8,10H,9H2,1H3,(H,21,22,23). The van der Waals surface area contributed by atoms with Crippen LogP contribution in [-0.4, -0.2) is 10.9 Å². The van der Waals surface area contributed by atoms with Gasteiger partial charge in [-0.25, -0.2) is 4.98 Å². The summed E-state index contributed by atoms with van der Waals surface area (Å²) >= 11 is 13.1. The molecule has 0 bridgehead atoms. The van der Waals surface area contributed by atoms with Crippen LogP contribution in [0.1, 0.15) is 20.8 Å². The second-order valence-corrected chi connectivity index (χ2v) is 7.11. The third-order valence-electron chi connectivity index (χ3n) is 3.34. The highest BCUT2D eigenvalue weighted by atomic mass is 35.5.